The molecule has 0 aromatic heterocycles. The quantitative estimate of drug-likeness (QED) is 0.340. The fourth-order valence-corrected chi connectivity index (χ4v) is 3.65. The van der Waals surface area contributed by atoms with Crippen LogP contribution in [0.1, 0.15) is 27.5 Å². The van der Waals surface area contributed by atoms with Crippen LogP contribution >= 0.6 is 0 Å². The van der Waals surface area contributed by atoms with Crippen molar-refractivity contribution >= 4 is 29.1 Å². The second kappa shape index (κ2) is 7.79. The molecule has 7 nitrogen and oxygen atoms in total. The molecular weight excluding hydrogens is 398 g/mol. The summed E-state index contributed by atoms with van der Waals surface area (Å²) in [6.07, 6.45) is 0. The molecule has 3 N–H and O–H groups in total. The Morgan fingerprint density at radius 1 is 0.839 bits per heavy atom. The molecule has 1 fully saturated rings. The summed E-state index contributed by atoms with van der Waals surface area (Å²) in [4.78, 5) is 38.6. The first-order valence-electron chi connectivity index (χ1n) is 9.38. The average molecular weight is 415 g/mol. The van der Waals surface area contributed by atoms with E-state index in [2.05, 4.69) is 0 Å². The summed E-state index contributed by atoms with van der Waals surface area (Å²) in [7, 11) is 0. The summed E-state index contributed by atoms with van der Waals surface area (Å²) in [5, 5.41) is 30.1. The number of aromatic hydroxyl groups is 1. The number of hydrogen-bond donors (Lipinski definition) is 3. The van der Waals surface area contributed by atoms with E-state index >= 15 is 0 Å². The maximum Gasteiger partial charge on any atom is 0.339 e. The van der Waals surface area contributed by atoms with Crippen LogP contribution in [0.25, 0.3) is 5.76 Å². The molecule has 0 aliphatic carbocycles. The molecular formula is C24H17NO6. The third-order valence-corrected chi connectivity index (χ3v) is 5.10. The van der Waals surface area contributed by atoms with Gasteiger partial charge >= 0.3 is 5.97 Å². The normalized spacial score (nSPS) is 17.7. The van der Waals surface area contributed by atoms with E-state index in [1.54, 1.807) is 60.7 Å². The lowest BCUT2D eigenvalue weighted by atomic mass is 9.95. The van der Waals surface area contributed by atoms with E-state index < -0.39 is 35.0 Å². The van der Waals surface area contributed by atoms with Crippen LogP contribution in [-0.2, 0) is 9.59 Å². The molecule has 1 aliphatic heterocycles. The summed E-state index contributed by atoms with van der Waals surface area (Å²) in [5.74, 6) is -3.97. The topological polar surface area (TPSA) is 115 Å². The molecule has 1 unspecified atom stereocenters. The number of ketones is 1. The van der Waals surface area contributed by atoms with Crippen LogP contribution in [0.4, 0.5) is 5.69 Å². The third-order valence-electron chi connectivity index (χ3n) is 5.10. The largest absolute Gasteiger partial charge is 0.507 e. The van der Waals surface area contributed by atoms with Crippen molar-refractivity contribution in [3.8, 4) is 5.75 Å². The van der Waals surface area contributed by atoms with Crippen LogP contribution in [-0.4, -0.2) is 33.0 Å². The van der Waals surface area contributed by atoms with Crippen molar-refractivity contribution in [3.63, 3.8) is 0 Å². The van der Waals surface area contributed by atoms with E-state index in [0.717, 1.165) is 17.0 Å². The number of anilines is 1. The number of hydrogen-bond acceptors (Lipinski definition) is 5. The summed E-state index contributed by atoms with van der Waals surface area (Å²) in [6.45, 7) is 0. The third kappa shape index (κ3) is 3.42. The van der Waals surface area contributed by atoms with Gasteiger partial charge in [-0.1, -0.05) is 60.7 Å². The van der Waals surface area contributed by atoms with Crippen molar-refractivity contribution in [2.45, 2.75) is 6.04 Å². The van der Waals surface area contributed by atoms with Gasteiger partial charge in [-0.05, 0) is 23.8 Å². The van der Waals surface area contributed by atoms with Crippen molar-refractivity contribution in [3.05, 3.63) is 101 Å². The predicted octanol–water partition coefficient (Wildman–Crippen LogP) is 3.72. The number of carbonyl (C=O) groups excluding carboxylic acids is 2. The Morgan fingerprint density at radius 2 is 1.45 bits per heavy atom. The Morgan fingerprint density at radius 3 is 2.06 bits per heavy atom. The minimum atomic E-state index is -1.38. The fourth-order valence-electron chi connectivity index (χ4n) is 3.65. The lowest BCUT2D eigenvalue weighted by molar-refractivity contribution is -0.132. The molecule has 3 aromatic rings. The molecule has 0 saturated carbocycles. The molecule has 3 aromatic carbocycles. The molecule has 0 radical (unpaired) electrons. The molecule has 0 spiro atoms. The van der Waals surface area contributed by atoms with E-state index in [-0.39, 0.29) is 17.0 Å². The first-order chi connectivity index (χ1) is 14.9. The number of carboxylic acids is 1. The van der Waals surface area contributed by atoms with E-state index in [1.165, 1.54) is 6.07 Å². The number of nitrogens with zero attached hydrogens (tertiary/aromatic N) is 1. The Labute approximate surface area is 177 Å². The number of aliphatic hydroxyl groups excluding tert-OH is 1. The van der Waals surface area contributed by atoms with Gasteiger partial charge in [0.25, 0.3) is 11.7 Å². The molecule has 1 aliphatic rings. The second-order valence-electron chi connectivity index (χ2n) is 6.95. The van der Waals surface area contributed by atoms with Crippen LogP contribution in [0.15, 0.2) is 84.4 Å². The van der Waals surface area contributed by atoms with Crippen LogP contribution < -0.4 is 4.90 Å². The predicted molar refractivity (Wildman–Crippen MR) is 113 cm³/mol. The highest BCUT2D eigenvalue weighted by Gasteiger charge is 2.47. The smallest absolute Gasteiger partial charge is 0.339 e. The number of benzene rings is 3. The van der Waals surface area contributed by atoms with Gasteiger partial charge in [0.2, 0.25) is 0 Å². The highest BCUT2D eigenvalue weighted by atomic mass is 16.4. The van der Waals surface area contributed by atoms with Crippen molar-refractivity contribution in [1.29, 1.82) is 0 Å². The standard InChI is InChI=1S/C24H17NO6/c26-18-12-11-16(13-17(18)24(30)31)25-20(14-7-3-1-4-8-14)19(22(28)23(25)29)21(27)15-9-5-2-6-10-15/h1-13,20,26-27H,(H,30,31). The maximum absolute atomic E-state index is 13.0. The van der Waals surface area contributed by atoms with Gasteiger partial charge < -0.3 is 15.3 Å². The van der Waals surface area contributed by atoms with Crippen molar-refractivity contribution in [2.75, 3.05) is 4.90 Å². The number of rotatable bonds is 4. The molecule has 1 atom stereocenters. The molecule has 7 heteroatoms. The van der Waals surface area contributed by atoms with Crippen molar-refractivity contribution in [2.24, 2.45) is 0 Å². The van der Waals surface area contributed by atoms with Gasteiger partial charge in [0.15, 0.2) is 0 Å². The minimum Gasteiger partial charge on any atom is -0.507 e. The molecule has 1 amide bonds. The number of amides is 1. The van der Waals surface area contributed by atoms with Crippen molar-refractivity contribution < 1.29 is 29.7 Å². The highest BCUT2D eigenvalue weighted by Crippen LogP contribution is 2.42. The molecule has 4 rings (SSSR count). The molecule has 0 bridgehead atoms. The molecule has 154 valence electrons. The zero-order valence-electron chi connectivity index (χ0n) is 16.1. The van der Waals surface area contributed by atoms with E-state index in [9.17, 15) is 29.7 Å². The van der Waals surface area contributed by atoms with Crippen LogP contribution in [0.3, 0.4) is 0 Å². The van der Waals surface area contributed by atoms with Gasteiger partial charge in [-0.3, -0.25) is 14.5 Å². The molecule has 31 heavy (non-hydrogen) atoms. The number of carbonyl (C=O) groups is 3. The molecule has 1 heterocycles. The second-order valence-corrected chi connectivity index (χ2v) is 6.95. The first kappa shape index (κ1) is 19.9. The summed E-state index contributed by atoms with van der Waals surface area (Å²) in [5.41, 5.74) is 0.530. The number of aliphatic hydroxyl groups is 1. The lowest BCUT2D eigenvalue weighted by Gasteiger charge is -2.25. The number of carboxylic acid groups (broad SMARTS) is 1. The van der Waals surface area contributed by atoms with Crippen LogP contribution in [0.5, 0.6) is 5.75 Å². The number of phenols is 1. The van der Waals surface area contributed by atoms with Gasteiger partial charge in [-0.15, -0.1) is 0 Å². The zero-order chi connectivity index (χ0) is 22.1. The van der Waals surface area contributed by atoms with Gasteiger partial charge in [0.1, 0.15) is 17.1 Å². The Bertz CT molecular complexity index is 1220. The summed E-state index contributed by atoms with van der Waals surface area (Å²) < 4.78 is 0. The monoisotopic (exact) mass is 415 g/mol. The highest BCUT2D eigenvalue weighted by molar-refractivity contribution is 6.51. The zero-order valence-corrected chi connectivity index (χ0v) is 16.1. The summed E-state index contributed by atoms with van der Waals surface area (Å²) >= 11 is 0. The average Bonchev–Trinajstić information content (AvgIpc) is 3.05. The van der Waals surface area contributed by atoms with Crippen molar-refractivity contribution in [1.82, 2.24) is 0 Å². The Balaban J connectivity index is 1.96. The fraction of sp³-hybridized carbons (Fsp3) is 0.0417. The SMILES string of the molecule is O=C1C(=O)N(c2ccc(O)c(C(=O)O)c2)C(c2ccccc2)C1=C(O)c1ccccc1. The van der Waals surface area contributed by atoms with Gasteiger partial charge in [-0.2, -0.15) is 0 Å². The van der Waals surface area contributed by atoms with E-state index in [0.29, 0.717) is 11.1 Å². The first-order valence-corrected chi connectivity index (χ1v) is 9.38. The van der Waals surface area contributed by atoms with Gasteiger partial charge in [-0.25, -0.2) is 4.79 Å². The number of aromatic carboxylic acids is 1. The van der Waals surface area contributed by atoms with E-state index in [4.69, 9.17) is 0 Å². The molecule has 1 saturated heterocycles. The van der Waals surface area contributed by atoms with Gasteiger partial charge in [0, 0.05) is 11.3 Å². The van der Waals surface area contributed by atoms with Crippen LogP contribution in [0, 0.1) is 0 Å². The lowest BCUT2D eigenvalue weighted by Crippen LogP contribution is -2.29. The Kier molecular flexibility index (Phi) is 5.00. The number of Topliss-reactive ketones (excluding diaryl/α,β-unsaturated/α-hetero) is 1. The van der Waals surface area contributed by atoms with Gasteiger partial charge in [0.05, 0.1) is 11.6 Å². The maximum atomic E-state index is 13.0. The Hall–Kier alpha value is -4.39. The van der Waals surface area contributed by atoms with E-state index in [1.807, 2.05) is 0 Å². The minimum absolute atomic E-state index is 0.104. The summed E-state index contributed by atoms with van der Waals surface area (Å²) in [6, 6.07) is 19.7. The van der Waals surface area contributed by atoms with Crippen LogP contribution in [0.2, 0.25) is 0 Å².